The first-order valence-corrected chi connectivity index (χ1v) is 10.9. The Balaban J connectivity index is 1.76. The number of fused-ring (bicyclic) bond motifs is 1. The van der Waals surface area contributed by atoms with E-state index in [1.54, 1.807) is 6.92 Å². The molecule has 1 aromatic heterocycles. The Morgan fingerprint density at radius 1 is 1.26 bits per heavy atom. The van der Waals surface area contributed by atoms with Gasteiger partial charge in [-0.05, 0) is 37.6 Å². The van der Waals surface area contributed by atoms with Crippen LogP contribution in [0.15, 0.2) is 35.2 Å². The first kappa shape index (κ1) is 19.9. The number of anilines is 1. The molecule has 1 amide bonds. The molecule has 0 saturated heterocycles. The number of nitrogens with one attached hydrogen (secondary N) is 1. The number of hydrogen-bond donors (Lipinski definition) is 1. The minimum atomic E-state index is -0.342. The molecule has 1 N–H and O–H groups in total. The van der Waals surface area contributed by atoms with Crippen LogP contribution in [0.1, 0.15) is 34.6 Å². The predicted octanol–water partition coefficient (Wildman–Crippen LogP) is 4.03. The zero-order valence-electron chi connectivity index (χ0n) is 15.6. The number of benzene rings is 1. The molecule has 27 heavy (non-hydrogen) atoms. The fraction of sp³-hybridized carbons (Fsp3) is 0.400. The molecule has 0 unspecified atom stereocenters. The van der Waals surface area contributed by atoms with Crippen molar-refractivity contribution >= 4 is 40.0 Å². The van der Waals surface area contributed by atoms with Gasteiger partial charge in [-0.3, -0.25) is 9.69 Å². The molecule has 3 rings (SSSR count). The van der Waals surface area contributed by atoms with E-state index in [0.29, 0.717) is 22.9 Å². The van der Waals surface area contributed by atoms with Crippen molar-refractivity contribution in [3.63, 3.8) is 0 Å². The number of ether oxygens (including phenoxy) is 1. The van der Waals surface area contributed by atoms with Gasteiger partial charge in [-0.1, -0.05) is 25.1 Å². The van der Waals surface area contributed by atoms with Crippen molar-refractivity contribution in [1.29, 1.82) is 0 Å². The third-order valence-electron chi connectivity index (χ3n) is 4.43. The van der Waals surface area contributed by atoms with Crippen LogP contribution in [-0.4, -0.2) is 42.2 Å². The average Bonchev–Trinajstić information content (AvgIpc) is 3.04. The SMILES string of the molecule is CCOC(=O)c1c(NC(=O)CSc2ccccc2)sc2c1CCN(CC)C2. The lowest BCUT2D eigenvalue weighted by Crippen LogP contribution is -2.30. The van der Waals surface area contributed by atoms with Crippen LogP contribution in [0.4, 0.5) is 5.00 Å². The second-order valence-electron chi connectivity index (χ2n) is 6.20. The molecule has 7 heteroatoms. The van der Waals surface area contributed by atoms with E-state index >= 15 is 0 Å². The van der Waals surface area contributed by atoms with Crippen LogP contribution in [0.5, 0.6) is 0 Å². The number of nitrogens with zero attached hydrogens (tertiary/aromatic N) is 1. The van der Waals surface area contributed by atoms with Crippen LogP contribution in [0.25, 0.3) is 0 Å². The second-order valence-corrected chi connectivity index (χ2v) is 8.35. The third-order valence-corrected chi connectivity index (χ3v) is 6.57. The first-order valence-electron chi connectivity index (χ1n) is 9.14. The molecule has 144 valence electrons. The number of hydrogen-bond acceptors (Lipinski definition) is 6. The highest BCUT2D eigenvalue weighted by Gasteiger charge is 2.29. The summed E-state index contributed by atoms with van der Waals surface area (Å²) in [5.74, 6) is -0.151. The third kappa shape index (κ3) is 4.91. The van der Waals surface area contributed by atoms with E-state index in [1.807, 2.05) is 30.3 Å². The number of thioether (sulfide) groups is 1. The molecule has 5 nitrogen and oxygen atoms in total. The minimum Gasteiger partial charge on any atom is -0.462 e. The molecule has 2 heterocycles. The summed E-state index contributed by atoms with van der Waals surface area (Å²) in [6.07, 6.45) is 0.808. The molecule has 0 spiro atoms. The van der Waals surface area contributed by atoms with Gasteiger partial charge in [0.15, 0.2) is 0 Å². The Morgan fingerprint density at radius 3 is 2.74 bits per heavy atom. The van der Waals surface area contributed by atoms with Gasteiger partial charge in [0.05, 0.1) is 17.9 Å². The van der Waals surface area contributed by atoms with Crippen molar-refractivity contribution in [3.05, 3.63) is 46.3 Å². The maximum absolute atomic E-state index is 12.5. The molecular formula is C20H24N2O3S2. The molecule has 1 aliphatic heterocycles. The maximum Gasteiger partial charge on any atom is 0.341 e. The predicted molar refractivity (Wildman–Crippen MR) is 111 cm³/mol. The van der Waals surface area contributed by atoms with Gasteiger partial charge in [-0.25, -0.2) is 4.79 Å². The van der Waals surface area contributed by atoms with Crippen molar-refractivity contribution in [2.24, 2.45) is 0 Å². The average molecular weight is 405 g/mol. The van der Waals surface area contributed by atoms with Gasteiger partial charge in [0.2, 0.25) is 5.91 Å². The van der Waals surface area contributed by atoms with Gasteiger partial charge in [0.25, 0.3) is 0 Å². The Kier molecular flexibility index (Phi) is 6.93. The summed E-state index contributed by atoms with van der Waals surface area (Å²) in [4.78, 5) is 29.5. The fourth-order valence-corrected chi connectivity index (χ4v) is 5.08. The summed E-state index contributed by atoms with van der Waals surface area (Å²) in [7, 11) is 0. The standard InChI is InChI=1S/C20H24N2O3S2/c1-3-22-11-10-15-16(12-22)27-19(18(15)20(24)25-4-2)21-17(23)13-26-14-8-6-5-7-9-14/h5-9H,3-4,10-13H2,1-2H3,(H,21,23). The zero-order chi connectivity index (χ0) is 19.2. The molecule has 0 aliphatic carbocycles. The van der Waals surface area contributed by atoms with Gasteiger partial charge in [-0.15, -0.1) is 23.1 Å². The lowest BCUT2D eigenvalue weighted by molar-refractivity contribution is -0.113. The molecule has 1 aromatic carbocycles. The summed E-state index contributed by atoms with van der Waals surface area (Å²) < 4.78 is 5.25. The smallest absolute Gasteiger partial charge is 0.341 e. The molecule has 0 radical (unpaired) electrons. The normalized spacial score (nSPS) is 13.9. The van der Waals surface area contributed by atoms with Crippen molar-refractivity contribution in [2.75, 3.05) is 30.8 Å². The van der Waals surface area contributed by atoms with Crippen molar-refractivity contribution in [1.82, 2.24) is 4.90 Å². The van der Waals surface area contributed by atoms with E-state index < -0.39 is 0 Å². The van der Waals surface area contributed by atoms with Gasteiger partial charge in [0, 0.05) is 22.9 Å². The van der Waals surface area contributed by atoms with Crippen LogP contribution < -0.4 is 5.32 Å². The largest absolute Gasteiger partial charge is 0.462 e. The van der Waals surface area contributed by atoms with E-state index in [2.05, 4.69) is 17.1 Å². The highest BCUT2D eigenvalue weighted by molar-refractivity contribution is 8.00. The number of thiophene rings is 1. The number of carbonyl (C=O) groups is 2. The molecular weight excluding hydrogens is 380 g/mol. The molecule has 0 saturated carbocycles. The van der Waals surface area contributed by atoms with E-state index in [0.717, 1.165) is 41.4 Å². The fourth-order valence-electron chi connectivity index (χ4n) is 3.06. The number of rotatable bonds is 7. The Morgan fingerprint density at radius 2 is 2.04 bits per heavy atom. The summed E-state index contributed by atoms with van der Waals surface area (Å²) in [6.45, 7) is 6.96. The Labute approximate surface area is 168 Å². The highest BCUT2D eigenvalue weighted by atomic mass is 32.2. The van der Waals surface area contributed by atoms with Gasteiger partial charge in [0.1, 0.15) is 5.00 Å². The molecule has 2 aromatic rings. The van der Waals surface area contributed by atoms with Gasteiger partial charge < -0.3 is 10.1 Å². The summed E-state index contributed by atoms with van der Waals surface area (Å²) in [6, 6.07) is 9.81. The number of amides is 1. The van der Waals surface area contributed by atoms with Crippen LogP contribution >= 0.6 is 23.1 Å². The number of likely N-dealkylation sites (N-methyl/N-ethyl adjacent to an activating group) is 1. The van der Waals surface area contributed by atoms with Crippen LogP contribution in [0, 0.1) is 0 Å². The zero-order valence-corrected chi connectivity index (χ0v) is 17.3. The highest BCUT2D eigenvalue weighted by Crippen LogP contribution is 2.37. The van der Waals surface area contributed by atoms with Crippen molar-refractivity contribution in [2.45, 2.75) is 31.7 Å². The maximum atomic E-state index is 12.5. The van der Waals surface area contributed by atoms with E-state index in [1.165, 1.54) is 23.1 Å². The van der Waals surface area contributed by atoms with Crippen molar-refractivity contribution in [3.8, 4) is 0 Å². The molecule has 0 fully saturated rings. The second kappa shape index (κ2) is 9.39. The van der Waals surface area contributed by atoms with E-state index in [-0.39, 0.29) is 11.9 Å². The molecule has 0 bridgehead atoms. The Hall–Kier alpha value is -1.83. The van der Waals surface area contributed by atoms with E-state index in [4.69, 9.17) is 4.74 Å². The summed E-state index contributed by atoms with van der Waals surface area (Å²) in [5.41, 5.74) is 1.58. The minimum absolute atomic E-state index is 0.111. The Bertz CT molecular complexity index is 805. The lowest BCUT2D eigenvalue weighted by atomic mass is 10.0. The topological polar surface area (TPSA) is 58.6 Å². The monoisotopic (exact) mass is 404 g/mol. The summed E-state index contributed by atoms with van der Waals surface area (Å²) >= 11 is 2.98. The molecule has 0 atom stereocenters. The van der Waals surface area contributed by atoms with Gasteiger partial charge >= 0.3 is 5.97 Å². The molecule has 1 aliphatic rings. The quantitative estimate of drug-likeness (QED) is 0.558. The first-order chi connectivity index (χ1) is 13.1. The van der Waals surface area contributed by atoms with Crippen LogP contribution in [0.3, 0.4) is 0 Å². The van der Waals surface area contributed by atoms with Crippen LogP contribution in [-0.2, 0) is 22.5 Å². The van der Waals surface area contributed by atoms with Crippen molar-refractivity contribution < 1.29 is 14.3 Å². The number of carbonyl (C=O) groups excluding carboxylic acids is 2. The van der Waals surface area contributed by atoms with E-state index in [9.17, 15) is 9.59 Å². The van der Waals surface area contributed by atoms with Gasteiger partial charge in [-0.2, -0.15) is 0 Å². The lowest BCUT2D eigenvalue weighted by Gasteiger charge is -2.25. The van der Waals surface area contributed by atoms with Crippen LogP contribution in [0.2, 0.25) is 0 Å². The number of esters is 1. The summed E-state index contributed by atoms with van der Waals surface area (Å²) in [5, 5.41) is 3.57.